The first-order valence-electron chi connectivity index (χ1n) is 9.07. The van der Waals surface area contributed by atoms with Crippen LogP contribution in [-0.4, -0.2) is 29.3 Å². The van der Waals surface area contributed by atoms with Crippen LogP contribution in [0.1, 0.15) is 43.4 Å². The third-order valence-corrected chi connectivity index (χ3v) is 5.18. The number of cyclic esters (lactones) is 1. The Hall–Kier alpha value is -2.47. The normalized spacial score (nSPS) is 21.0. The van der Waals surface area contributed by atoms with Gasteiger partial charge < -0.3 is 14.7 Å². The molecule has 1 heterocycles. The van der Waals surface area contributed by atoms with E-state index in [0.29, 0.717) is 36.9 Å². The number of aliphatic hydroxyl groups is 1. The Morgan fingerprint density at radius 3 is 2.56 bits per heavy atom. The summed E-state index contributed by atoms with van der Waals surface area (Å²) in [7, 11) is 0. The van der Waals surface area contributed by atoms with E-state index in [0.717, 1.165) is 0 Å². The minimum absolute atomic E-state index is 0.0239. The van der Waals surface area contributed by atoms with Crippen molar-refractivity contribution in [3.05, 3.63) is 71.3 Å². The second kappa shape index (κ2) is 8.05. The van der Waals surface area contributed by atoms with Crippen molar-refractivity contribution in [2.24, 2.45) is 0 Å². The Labute approximate surface area is 157 Å². The molecule has 0 aromatic heterocycles. The van der Waals surface area contributed by atoms with Crippen LogP contribution in [0.4, 0.5) is 13.6 Å². The molecule has 2 aromatic rings. The molecule has 0 aliphatic carbocycles. The molecule has 2 unspecified atom stereocenters. The van der Waals surface area contributed by atoms with Gasteiger partial charge in [0.25, 0.3) is 0 Å². The second-order valence-electron chi connectivity index (χ2n) is 6.87. The highest BCUT2D eigenvalue weighted by Gasteiger charge is 2.43. The van der Waals surface area contributed by atoms with Crippen molar-refractivity contribution in [3.63, 3.8) is 0 Å². The summed E-state index contributed by atoms with van der Waals surface area (Å²) in [5, 5.41) is 9.24. The number of hydrogen-bond acceptors (Lipinski definition) is 3. The van der Waals surface area contributed by atoms with E-state index in [2.05, 4.69) is 0 Å². The van der Waals surface area contributed by atoms with Crippen LogP contribution in [0.2, 0.25) is 0 Å². The molecule has 1 aliphatic heterocycles. The summed E-state index contributed by atoms with van der Waals surface area (Å²) < 4.78 is 32.7. The SMILES string of the molecule is CC(c1cccc(F)c1)N1CCC(CCCO)(c2ccc(F)cc2)OC1=O. The van der Waals surface area contributed by atoms with E-state index in [9.17, 15) is 18.7 Å². The number of nitrogens with zero attached hydrogens (tertiary/aromatic N) is 1. The summed E-state index contributed by atoms with van der Waals surface area (Å²) in [5.41, 5.74) is 0.506. The van der Waals surface area contributed by atoms with E-state index in [1.807, 2.05) is 6.92 Å². The van der Waals surface area contributed by atoms with Gasteiger partial charge in [-0.1, -0.05) is 24.3 Å². The lowest BCUT2D eigenvalue weighted by atomic mass is 9.84. The van der Waals surface area contributed by atoms with Gasteiger partial charge in [-0.25, -0.2) is 13.6 Å². The number of aliphatic hydroxyl groups excluding tert-OH is 1. The number of halogens is 2. The Bertz CT molecular complexity index is 796. The molecule has 4 nitrogen and oxygen atoms in total. The summed E-state index contributed by atoms with van der Waals surface area (Å²) in [4.78, 5) is 14.4. The van der Waals surface area contributed by atoms with Gasteiger partial charge >= 0.3 is 6.09 Å². The number of hydrogen-bond donors (Lipinski definition) is 1. The van der Waals surface area contributed by atoms with Gasteiger partial charge in [-0.15, -0.1) is 0 Å². The maximum Gasteiger partial charge on any atom is 0.411 e. The molecule has 1 aliphatic rings. The molecule has 0 radical (unpaired) electrons. The Kier molecular flexibility index (Phi) is 5.75. The number of amides is 1. The van der Waals surface area contributed by atoms with Gasteiger partial charge in [0.1, 0.15) is 17.2 Å². The van der Waals surface area contributed by atoms with E-state index in [1.165, 1.54) is 24.3 Å². The molecular weight excluding hydrogens is 352 g/mol. The fourth-order valence-electron chi connectivity index (χ4n) is 3.61. The highest BCUT2D eigenvalue weighted by Crippen LogP contribution is 2.40. The molecule has 1 fully saturated rings. The smallest absolute Gasteiger partial charge is 0.411 e. The average Bonchev–Trinajstić information content (AvgIpc) is 2.66. The van der Waals surface area contributed by atoms with Gasteiger partial charge in [0.15, 0.2) is 0 Å². The van der Waals surface area contributed by atoms with E-state index in [4.69, 9.17) is 4.74 Å². The summed E-state index contributed by atoms with van der Waals surface area (Å²) in [5.74, 6) is -0.715. The number of ether oxygens (including phenoxy) is 1. The topological polar surface area (TPSA) is 49.8 Å². The zero-order valence-corrected chi connectivity index (χ0v) is 15.2. The molecule has 6 heteroatoms. The maximum atomic E-state index is 13.5. The van der Waals surface area contributed by atoms with Crippen molar-refractivity contribution in [1.82, 2.24) is 4.90 Å². The Balaban J connectivity index is 1.83. The van der Waals surface area contributed by atoms with Crippen LogP contribution in [0.15, 0.2) is 48.5 Å². The molecule has 1 saturated heterocycles. The predicted molar refractivity (Wildman–Crippen MR) is 97.0 cm³/mol. The third-order valence-electron chi connectivity index (χ3n) is 5.18. The fourth-order valence-corrected chi connectivity index (χ4v) is 3.61. The quantitative estimate of drug-likeness (QED) is 0.807. The zero-order valence-electron chi connectivity index (χ0n) is 15.2. The molecule has 0 bridgehead atoms. The van der Waals surface area contributed by atoms with E-state index in [1.54, 1.807) is 29.2 Å². The van der Waals surface area contributed by atoms with Crippen LogP contribution >= 0.6 is 0 Å². The van der Waals surface area contributed by atoms with Crippen LogP contribution in [0, 0.1) is 11.6 Å². The lowest BCUT2D eigenvalue weighted by molar-refractivity contribution is -0.0680. The van der Waals surface area contributed by atoms with Crippen LogP contribution in [-0.2, 0) is 10.3 Å². The molecule has 27 heavy (non-hydrogen) atoms. The first-order chi connectivity index (χ1) is 12.9. The summed E-state index contributed by atoms with van der Waals surface area (Å²) >= 11 is 0. The number of rotatable bonds is 6. The standard InChI is InChI=1S/C21H23F2NO3/c1-15(16-4-2-5-19(23)14-16)24-12-11-21(10-3-13-25,27-20(24)26)17-6-8-18(22)9-7-17/h2,4-9,14-15,25H,3,10-13H2,1H3. The fraction of sp³-hybridized carbons (Fsp3) is 0.381. The van der Waals surface area contributed by atoms with Gasteiger partial charge in [-0.3, -0.25) is 0 Å². The summed E-state index contributed by atoms with van der Waals surface area (Å²) in [6.07, 6.45) is 0.914. The van der Waals surface area contributed by atoms with Crippen molar-refractivity contribution in [2.45, 2.75) is 37.8 Å². The molecular formula is C21H23F2NO3. The van der Waals surface area contributed by atoms with Gasteiger partial charge in [0.2, 0.25) is 0 Å². The minimum atomic E-state index is -0.897. The molecule has 0 saturated carbocycles. The minimum Gasteiger partial charge on any atom is -0.438 e. The van der Waals surface area contributed by atoms with Crippen LogP contribution in [0.3, 0.4) is 0 Å². The van der Waals surface area contributed by atoms with Gasteiger partial charge in [-0.05, 0) is 55.2 Å². The molecule has 1 amide bonds. The van der Waals surface area contributed by atoms with Crippen LogP contribution in [0.25, 0.3) is 0 Å². The van der Waals surface area contributed by atoms with E-state index >= 15 is 0 Å². The number of carbonyl (C=O) groups excluding carboxylic acids is 1. The Morgan fingerprint density at radius 2 is 1.93 bits per heavy atom. The van der Waals surface area contributed by atoms with Crippen molar-refractivity contribution in [3.8, 4) is 0 Å². The summed E-state index contributed by atoms with van der Waals surface area (Å²) in [6, 6.07) is 11.7. The molecule has 1 N–H and O–H groups in total. The lowest BCUT2D eigenvalue weighted by Gasteiger charge is -2.43. The van der Waals surface area contributed by atoms with E-state index in [-0.39, 0.29) is 24.3 Å². The molecule has 2 aromatic carbocycles. The second-order valence-corrected chi connectivity index (χ2v) is 6.87. The highest BCUT2D eigenvalue weighted by atomic mass is 19.1. The lowest BCUT2D eigenvalue weighted by Crippen LogP contribution is -2.48. The van der Waals surface area contributed by atoms with Crippen LogP contribution < -0.4 is 0 Å². The molecule has 144 valence electrons. The predicted octanol–water partition coefficient (Wildman–Crippen LogP) is 4.54. The largest absolute Gasteiger partial charge is 0.438 e. The number of carbonyl (C=O) groups is 1. The van der Waals surface area contributed by atoms with Crippen LogP contribution in [0.5, 0.6) is 0 Å². The van der Waals surface area contributed by atoms with Crippen molar-refractivity contribution >= 4 is 6.09 Å². The Morgan fingerprint density at radius 1 is 1.19 bits per heavy atom. The van der Waals surface area contributed by atoms with Crippen molar-refractivity contribution in [2.75, 3.05) is 13.2 Å². The molecule has 0 spiro atoms. The first kappa shape index (κ1) is 19.3. The zero-order chi connectivity index (χ0) is 19.4. The monoisotopic (exact) mass is 375 g/mol. The molecule has 2 atom stereocenters. The summed E-state index contributed by atoms with van der Waals surface area (Å²) in [6.45, 7) is 2.22. The van der Waals surface area contributed by atoms with Gasteiger partial charge in [-0.2, -0.15) is 0 Å². The molecule has 3 rings (SSSR count). The third kappa shape index (κ3) is 4.11. The van der Waals surface area contributed by atoms with Crippen molar-refractivity contribution in [1.29, 1.82) is 0 Å². The average molecular weight is 375 g/mol. The highest BCUT2D eigenvalue weighted by molar-refractivity contribution is 5.70. The van der Waals surface area contributed by atoms with Crippen molar-refractivity contribution < 1.29 is 23.4 Å². The maximum absolute atomic E-state index is 13.5. The first-order valence-corrected chi connectivity index (χ1v) is 9.07. The number of benzene rings is 2. The van der Waals surface area contributed by atoms with E-state index < -0.39 is 11.7 Å². The van der Waals surface area contributed by atoms with Gasteiger partial charge in [0.05, 0.1) is 6.04 Å². The van der Waals surface area contributed by atoms with Gasteiger partial charge in [0, 0.05) is 19.6 Å².